The maximum atomic E-state index is 12.9. The van der Waals surface area contributed by atoms with E-state index in [1.807, 2.05) is 6.92 Å². The first-order valence-corrected chi connectivity index (χ1v) is 4.11. The van der Waals surface area contributed by atoms with Crippen LogP contribution in [0.25, 0.3) is 0 Å². The molecule has 60 valence electrons. The van der Waals surface area contributed by atoms with Gasteiger partial charge in [0.15, 0.2) is 0 Å². The fourth-order valence-electron chi connectivity index (χ4n) is 0.852. The predicted octanol–water partition coefficient (Wildman–Crippen LogP) is 2.86. The Hall–Kier alpha value is -0.570. The average Bonchev–Trinajstić information content (AvgIpc) is 1.97. The molecule has 0 unspecified atom stereocenters. The monoisotopic (exact) mass is 218 g/mol. The third kappa shape index (κ3) is 1.71. The normalized spacial score (nSPS) is 10.1. The Morgan fingerprint density at radius 3 is 2.73 bits per heavy atom. The first kappa shape index (κ1) is 8.53. The lowest BCUT2D eigenvalue weighted by Gasteiger charge is -2.01. The zero-order valence-electron chi connectivity index (χ0n) is 6.06. The van der Waals surface area contributed by atoms with Crippen molar-refractivity contribution in [1.82, 2.24) is 0 Å². The van der Waals surface area contributed by atoms with E-state index in [1.165, 1.54) is 12.1 Å². The number of aryl methyl sites for hydroxylation is 1. The molecule has 0 atom stereocenters. The SMILES string of the molecule is CCc1cc(O)c(Br)cc1F. The molecule has 0 radical (unpaired) electrons. The number of aromatic hydroxyl groups is 1. The molecule has 0 aromatic heterocycles. The van der Waals surface area contributed by atoms with E-state index >= 15 is 0 Å². The highest BCUT2D eigenvalue weighted by molar-refractivity contribution is 9.10. The van der Waals surface area contributed by atoms with Crippen LogP contribution in [-0.2, 0) is 6.42 Å². The summed E-state index contributed by atoms with van der Waals surface area (Å²) in [4.78, 5) is 0. The summed E-state index contributed by atoms with van der Waals surface area (Å²) in [6, 6.07) is 2.70. The van der Waals surface area contributed by atoms with Crippen LogP contribution in [0.1, 0.15) is 12.5 Å². The molecule has 0 saturated carbocycles. The number of hydrogen-bond donors (Lipinski definition) is 1. The highest BCUT2D eigenvalue weighted by Crippen LogP contribution is 2.26. The van der Waals surface area contributed by atoms with Gasteiger partial charge in [0.25, 0.3) is 0 Å². The molecule has 1 aromatic carbocycles. The molecule has 1 nitrogen and oxygen atoms in total. The summed E-state index contributed by atoms with van der Waals surface area (Å²) in [5.74, 6) is -0.194. The number of rotatable bonds is 1. The van der Waals surface area contributed by atoms with Crippen LogP contribution < -0.4 is 0 Å². The van der Waals surface area contributed by atoms with Gasteiger partial charge in [0.05, 0.1) is 4.47 Å². The Balaban J connectivity index is 3.21. The van der Waals surface area contributed by atoms with Crippen molar-refractivity contribution in [1.29, 1.82) is 0 Å². The molecule has 0 saturated heterocycles. The quantitative estimate of drug-likeness (QED) is 0.769. The van der Waals surface area contributed by atoms with Crippen molar-refractivity contribution in [3.05, 3.63) is 28.0 Å². The topological polar surface area (TPSA) is 20.2 Å². The van der Waals surface area contributed by atoms with E-state index in [0.717, 1.165) is 0 Å². The standard InChI is InChI=1S/C8H8BrFO/c1-2-5-3-8(11)6(9)4-7(5)10/h3-4,11H,2H2,1H3. The molecule has 0 fully saturated rings. The molecule has 1 rings (SSSR count). The molecule has 0 bridgehead atoms. The third-order valence-corrected chi connectivity index (χ3v) is 2.13. The van der Waals surface area contributed by atoms with Crippen LogP contribution in [0, 0.1) is 5.82 Å². The second-order valence-corrected chi connectivity index (χ2v) is 3.10. The van der Waals surface area contributed by atoms with E-state index < -0.39 is 0 Å². The van der Waals surface area contributed by atoms with Crippen LogP contribution in [-0.4, -0.2) is 5.11 Å². The second-order valence-electron chi connectivity index (χ2n) is 2.25. The van der Waals surface area contributed by atoms with E-state index in [1.54, 1.807) is 0 Å². The van der Waals surface area contributed by atoms with Gasteiger partial charge in [-0.15, -0.1) is 0 Å². The van der Waals surface area contributed by atoms with Crippen molar-refractivity contribution in [3.8, 4) is 5.75 Å². The van der Waals surface area contributed by atoms with Crippen LogP contribution in [0.4, 0.5) is 4.39 Å². The molecule has 11 heavy (non-hydrogen) atoms. The van der Waals surface area contributed by atoms with Crippen LogP contribution in [0.5, 0.6) is 5.75 Å². The predicted molar refractivity (Wildman–Crippen MR) is 45.1 cm³/mol. The van der Waals surface area contributed by atoms with Crippen molar-refractivity contribution >= 4 is 15.9 Å². The minimum Gasteiger partial charge on any atom is -0.507 e. The van der Waals surface area contributed by atoms with E-state index in [-0.39, 0.29) is 11.6 Å². The maximum Gasteiger partial charge on any atom is 0.130 e. The minimum atomic E-state index is -0.280. The van der Waals surface area contributed by atoms with Gasteiger partial charge in [-0.3, -0.25) is 0 Å². The number of halogens is 2. The molecule has 1 aromatic rings. The fraction of sp³-hybridized carbons (Fsp3) is 0.250. The highest BCUT2D eigenvalue weighted by Gasteiger charge is 2.04. The first-order valence-electron chi connectivity index (χ1n) is 3.32. The number of benzene rings is 1. The van der Waals surface area contributed by atoms with Gasteiger partial charge < -0.3 is 5.11 Å². The Morgan fingerprint density at radius 2 is 2.18 bits per heavy atom. The largest absolute Gasteiger partial charge is 0.507 e. The van der Waals surface area contributed by atoms with Crippen LogP contribution in [0.2, 0.25) is 0 Å². The summed E-state index contributed by atoms with van der Waals surface area (Å²) in [6.07, 6.45) is 0.590. The molecule has 0 aliphatic rings. The third-order valence-electron chi connectivity index (χ3n) is 1.50. The van der Waals surface area contributed by atoms with Gasteiger partial charge in [-0.2, -0.15) is 0 Å². The van der Waals surface area contributed by atoms with Gasteiger partial charge >= 0.3 is 0 Å². The summed E-state index contributed by atoms with van der Waals surface area (Å²) < 4.78 is 13.3. The molecule has 0 aliphatic heterocycles. The second kappa shape index (κ2) is 3.22. The molecule has 3 heteroatoms. The molecular formula is C8H8BrFO. The number of phenols is 1. The Bertz CT molecular complexity index is 273. The van der Waals surface area contributed by atoms with Gasteiger partial charge in [0, 0.05) is 0 Å². The maximum absolute atomic E-state index is 12.9. The van der Waals surface area contributed by atoms with Gasteiger partial charge in [-0.05, 0) is 40.0 Å². The molecule has 0 aliphatic carbocycles. The van der Waals surface area contributed by atoms with Crippen molar-refractivity contribution in [2.24, 2.45) is 0 Å². The lowest BCUT2D eigenvalue weighted by Crippen LogP contribution is -1.86. The van der Waals surface area contributed by atoms with E-state index in [9.17, 15) is 4.39 Å². The molecule has 1 N–H and O–H groups in total. The van der Waals surface area contributed by atoms with Gasteiger partial charge in [0.1, 0.15) is 11.6 Å². The van der Waals surface area contributed by atoms with Crippen molar-refractivity contribution < 1.29 is 9.50 Å². The summed E-state index contributed by atoms with van der Waals surface area (Å²) >= 11 is 3.02. The Labute approximate surface area is 73.0 Å². The zero-order valence-corrected chi connectivity index (χ0v) is 7.65. The first-order chi connectivity index (χ1) is 5.15. The molecule has 0 spiro atoms. The van der Waals surface area contributed by atoms with Crippen LogP contribution >= 0.6 is 15.9 Å². The summed E-state index contributed by atoms with van der Waals surface area (Å²) in [5.41, 5.74) is 0.533. The lowest BCUT2D eigenvalue weighted by atomic mass is 10.1. The van der Waals surface area contributed by atoms with Crippen LogP contribution in [0.15, 0.2) is 16.6 Å². The minimum absolute atomic E-state index is 0.0863. The van der Waals surface area contributed by atoms with Gasteiger partial charge in [0.2, 0.25) is 0 Å². The summed E-state index contributed by atoms with van der Waals surface area (Å²) in [6.45, 7) is 1.84. The van der Waals surface area contributed by atoms with E-state index in [2.05, 4.69) is 15.9 Å². The fourth-order valence-corrected chi connectivity index (χ4v) is 1.17. The van der Waals surface area contributed by atoms with E-state index in [0.29, 0.717) is 16.5 Å². The molecular weight excluding hydrogens is 211 g/mol. The van der Waals surface area contributed by atoms with Crippen LogP contribution in [0.3, 0.4) is 0 Å². The molecule has 0 amide bonds. The van der Waals surface area contributed by atoms with Crippen molar-refractivity contribution in [3.63, 3.8) is 0 Å². The van der Waals surface area contributed by atoms with Crippen molar-refractivity contribution in [2.45, 2.75) is 13.3 Å². The van der Waals surface area contributed by atoms with E-state index in [4.69, 9.17) is 5.11 Å². The summed E-state index contributed by atoms with van der Waals surface area (Å²) in [7, 11) is 0. The smallest absolute Gasteiger partial charge is 0.130 e. The zero-order chi connectivity index (χ0) is 8.43. The molecule has 0 heterocycles. The average molecular weight is 219 g/mol. The number of phenolic OH excluding ortho intramolecular Hbond substituents is 1. The van der Waals surface area contributed by atoms with Gasteiger partial charge in [-0.25, -0.2) is 4.39 Å². The highest BCUT2D eigenvalue weighted by atomic mass is 79.9. The lowest BCUT2D eigenvalue weighted by molar-refractivity contribution is 0.468. The Morgan fingerprint density at radius 1 is 1.55 bits per heavy atom. The number of hydrogen-bond acceptors (Lipinski definition) is 1. The van der Waals surface area contributed by atoms with Crippen molar-refractivity contribution in [2.75, 3.05) is 0 Å². The van der Waals surface area contributed by atoms with Gasteiger partial charge in [-0.1, -0.05) is 6.92 Å². The Kier molecular flexibility index (Phi) is 2.49. The summed E-state index contributed by atoms with van der Waals surface area (Å²) in [5, 5.41) is 9.14.